The van der Waals surface area contributed by atoms with Crippen LogP contribution in [-0.2, 0) is 10.0 Å². The maximum atomic E-state index is 13.3. The minimum absolute atomic E-state index is 0.172. The molecule has 0 N–H and O–H groups in total. The lowest BCUT2D eigenvalue weighted by Gasteiger charge is -2.30. The van der Waals surface area contributed by atoms with Crippen LogP contribution in [0.5, 0.6) is 11.5 Å². The molecule has 1 saturated heterocycles. The Labute approximate surface area is 184 Å². The molecular weight excluding hydrogens is 442 g/mol. The topological polar surface area (TPSA) is 94.8 Å². The highest BCUT2D eigenvalue weighted by Gasteiger charge is 2.34. The average Bonchev–Trinajstić information content (AvgIpc) is 3.30. The minimum atomic E-state index is -3.69. The maximum absolute atomic E-state index is 13.3. The number of piperidine rings is 1. The van der Waals surface area contributed by atoms with E-state index in [2.05, 4.69) is 10.1 Å². The standard InChI is InChI=1S/C21H20ClN3O5S/c22-16-5-3-14(4-6-16)20-23-21(30-24-20)15-2-1-9-25(13-15)31(26,27)17-7-8-18-19(12-17)29-11-10-28-18/h3-8,12,15H,1-2,9-11,13H2/t15-/m1/s1. The van der Waals surface area contributed by atoms with Crippen LogP contribution < -0.4 is 9.47 Å². The first-order valence-electron chi connectivity index (χ1n) is 10.00. The van der Waals surface area contributed by atoms with Gasteiger partial charge in [0.05, 0.1) is 10.8 Å². The van der Waals surface area contributed by atoms with Crippen LogP contribution in [0.4, 0.5) is 0 Å². The van der Waals surface area contributed by atoms with Crippen molar-refractivity contribution in [2.24, 2.45) is 0 Å². The molecule has 2 aliphatic heterocycles. The monoisotopic (exact) mass is 461 g/mol. The predicted molar refractivity (Wildman–Crippen MR) is 113 cm³/mol. The van der Waals surface area contributed by atoms with Gasteiger partial charge in [0.1, 0.15) is 13.2 Å². The van der Waals surface area contributed by atoms with Gasteiger partial charge >= 0.3 is 0 Å². The highest BCUT2D eigenvalue weighted by molar-refractivity contribution is 7.89. The predicted octanol–water partition coefficient (Wildman–Crippen LogP) is 3.73. The zero-order valence-corrected chi connectivity index (χ0v) is 18.1. The molecule has 3 heterocycles. The van der Waals surface area contributed by atoms with Gasteiger partial charge in [-0.05, 0) is 49.2 Å². The van der Waals surface area contributed by atoms with E-state index in [1.54, 1.807) is 24.3 Å². The van der Waals surface area contributed by atoms with Crippen LogP contribution in [0.15, 0.2) is 51.9 Å². The molecule has 1 aromatic heterocycles. The Bertz CT molecular complexity index is 1200. The molecule has 3 aromatic rings. The number of nitrogens with zero attached hydrogens (tertiary/aromatic N) is 3. The van der Waals surface area contributed by atoms with Gasteiger partial charge in [-0.25, -0.2) is 8.42 Å². The van der Waals surface area contributed by atoms with E-state index in [0.29, 0.717) is 54.4 Å². The van der Waals surface area contributed by atoms with Crippen molar-refractivity contribution in [3.05, 3.63) is 53.4 Å². The normalized spacial score (nSPS) is 19.3. The molecule has 8 nitrogen and oxygen atoms in total. The number of hydrogen-bond acceptors (Lipinski definition) is 7. The summed E-state index contributed by atoms with van der Waals surface area (Å²) in [6.07, 6.45) is 1.47. The van der Waals surface area contributed by atoms with Crippen molar-refractivity contribution in [2.75, 3.05) is 26.3 Å². The van der Waals surface area contributed by atoms with Gasteiger partial charge in [0.15, 0.2) is 11.5 Å². The van der Waals surface area contributed by atoms with Crippen molar-refractivity contribution in [3.8, 4) is 22.9 Å². The van der Waals surface area contributed by atoms with Gasteiger partial charge in [0.25, 0.3) is 0 Å². The van der Waals surface area contributed by atoms with Crippen LogP contribution in [0.2, 0.25) is 5.02 Å². The maximum Gasteiger partial charge on any atom is 0.243 e. The fraction of sp³-hybridized carbons (Fsp3) is 0.333. The third kappa shape index (κ3) is 4.00. The van der Waals surface area contributed by atoms with E-state index in [1.165, 1.54) is 10.4 Å². The zero-order chi connectivity index (χ0) is 21.4. The van der Waals surface area contributed by atoms with Gasteiger partial charge in [-0.15, -0.1) is 0 Å². The van der Waals surface area contributed by atoms with Crippen molar-refractivity contribution >= 4 is 21.6 Å². The molecule has 2 aromatic carbocycles. The summed E-state index contributed by atoms with van der Waals surface area (Å²) in [5.41, 5.74) is 0.788. The van der Waals surface area contributed by atoms with Gasteiger partial charge in [0, 0.05) is 29.7 Å². The quantitative estimate of drug-likeness (QED) is 0.584. The minimum Gasteiger partial charge on any atom is -0.486 e. The Balaban J connectivity index is 1.36. The van der Waals surface area contributed by atoms with Gasteiger partial charge in [-0.1, -0.05) is 16.8 Å². The molecule has 10 heteroatoms. The molecule has 31 heavy (non-hydrogen) atoms. The summed E-state index contributed by atoms with van der Waals surface area (Å²) in [4.78, 5) is 4.69. The van der Waals surface area contributed by atoms with Gasteiger partial charge < -0.3 is 14.0 Å². The molecule has 1 fully saturated rings. The number of halogens is 1. The first kappa shape index (κ1) is 20.3. The Morgan fingerprint density at radius 2 is 1.81 bits per heavy atom. The first-order chi connectivity index (χ1) is 15.0. The third-order valence-electron chi connectivity index (χ3n) is 5.43. The second-order valence-electron chi connectivity index (χ2n) is 7.47. The fourth-order valence-electron chi connectivity index (χ4n) is 3.81. The SMILES string of the molecule is O=S(=O)(c1ccc2c(c1)OCCO2)N1CCC[C@@H](c2nc(-c3ccc(Cl)cc3)no2)C1. The van der Waals surface area contributed by atoms with E-state index in [-0.39, 0.29) is 17.4 Å². The second kappa shape index (κ2) is 8.14. The molecule has 0 saturated carbocycles. The molecule has 162 valence electrons. The molecule has 0 bridgehead atoms. The summed E-state index contributed by atoms with van der Waals surface area (Å²) in [5, 5.41) is 4.68. The molecule has 2 aliphatic rings. The Morgan fingerprint density at radius 1 is 1.03 bits per heavy atom. The summed E-state index contributed by atoms with van der Waals surface area (Å²) in [7, 11) is -3.69. The molecule has 0 spiro atoms. The molecule has 0 unspecified atom stereocenters. The Hall–Kier alpha value is -2.62. The molecule has 0 radical (unpaired) electrons. The van der Waals surface area contributed by atoms with Crippen molar-refractivity contribution in [1.29, 1.82) is 0 Å². The fourth-order valence-corrected chi connectivity index (χ4v) is 5.48. The van der Waals surface area contributed by atoms with E-state index >= 15 is 0 Å². The van der Waals surface area contributed by atoms with Crippen LogP contribution in [0.25, 0.3) is 11.4 Å². The third-order valence-corrected chi connectivity index (χ3v) is 7.54. The Kier molecular flexibility index (Phi) is 5.33. The average molecular weight is 462 g/mol. The molecule has 0 aliphatic carbocycles. The van der Waals surface area contributed by atoms with Crippen molar-refractivity contribution in [2.45, 2.75) is 23.7 Å². The van der Waals surface area contributed by atoms with E-state index < -0.39 is 10.0 Å². The van der Waals surface area contributed by atoms with Crippen molar-refractivity contribution in [3.63, 3.8) is 0 Å². The highest BCUT2D eigenvalue weighted by atomic mass is 35.5. The number of sulfonamides is 1. The Morgan fingerprint density at radius 3 is 2.61 bits per heavy atom. The summed E-state index contributed by atoms with van der Waals surface area (Å²) >= 11 is 5.93. The van der Waals surface area contributed by atoms with Gasteiger partial charge in [-0.3, -0.25) is 0 Å². The molecule has 1 atom stereocenters. The van der Waals surface area contributed by atoms with E-state index in [1.807, 2.05) is 12.1 Å². The van der Waals surface area contributed by atoms with Crippen molar-refractivity contribution < 1.29 is 22.4 Å². The largest absolute Gasteiger partial charge is 0.486 e. The lowest BCUT2D eigenvalue weighted by molar-refractivity contribution is 0.171. The second-order valence-corrected chi connectivity index (χ2v) is 9.85. The number of hydrogen-bond donors (Lipinski definition) is 0. The van der Waals surface area contributed by atoms with Crippen LogP contribution >= 0.6 is 11.6 Å². The lowest BCUT2D eigenvalue weighted by Crippen LogP contribution is -2.39. The van der Waals surface area contributed by atoms with Gasteiger partial charge in [0.2, 0.25) is 21.7 Å². The number of ether oxygens (including phenoxy) is 2. The number of fused-ring (bicyclic) bond motifs is 1. The molecule has 0 amide bonds. The summed E-state index contributed by atoms with van der Waals surface area (Å²) in [6, 6.07) is 11.9. The first-order valence-corrected chi connectivity index (χ1v) is 11.8. The van der Waals surface area contributed by atoms with Crippen LogP contribution in [0.3, 0.4) is 0 Å². The van der Waals surface area contributed by atoms with Crippen LogP contribution in [0.1, 0.15) is 24.7 Å². The molecular formula is C21H20ClN3O5S. The van der Waals surface area contributed by atoms with E-state index in [9.17, 15) is 8.42 Å². The van der Waals surface area contributed by atoms with Gasteiger partial charge in [-0.2, -0.15) is 9.29 Å². The number of benzene rings is 2. The molecule has 5 rings (SSSR count). The van der Waals surface area contributed by atoms with E-state index in [0.717, 1.165) is 12.0 Å². The number of rotatable bonds is 4. The lowest BCUT2D eigenvalue weighted by atomic mass is 10.00. The van der Waals surface area contributed by atoms with Crippen LogP contribution in [0, 0.1) is 0 Å². The van der Waals surface area contributed by atoms with Crippen molar-refractivity contribution in [1.82, 2.24) is 14.4 Å². The summed E-state index contributed by atoms with van der Waals surface area (Å²) in [6.45, 7) is 1.56. The summed E-state index contributed by atoms with van der Waals surface area (Å²) in [5.74, 6) is 1.73. The highest BCUT2D eigenvalue weighted by Crippen LogP contribution is 2.35. The zero-order valence-electron chi connectivity index (χ0n) is 16.5. The summed E-state index contributed by atoms with van der Waals surface area (Å²) < 4.78 is 44.5. The smallest absolute Gasteiger partial charge is 0.243 e. The van der Waals surface area contributed by atoms with E-state index in [4.69, 9.17) is 25.6 Å². The van der Waals surface area contributed by atoms with Crippen LogP contribution in [-0.4, -0.2) is 49.2 Å². The number of aromatic nitrogens is 2.